The molecule has 1 atom stereocenters. The maximum atomic E-state index is 11.4. The number of likely N-dealkylation sites (N-methyl/N-ethyl adjacent to an activating group) is 1. The highest BCUT2D eigenvalue weighted by molar-refractivity contribution is 5.77. The van der Waals surface area contributed by atoms with E-state index < -0.39 is 0 Å². The average molecular weight is 228 g/mol. The van der Waals surface area contributed by atoms with Gasteiger partial charge in [-0.25, -0.2) is 0 Å². The number of nitrogens with one attached hydrogen (secondary N) is 1. The molecule has 1 fully saturated rings. The molecule has 1 unspecified atom stereocenters. The van der Waals surface area contributed by atoms with Gasteiger partial charge in [-0.15, -0.1) is 0 Å². The van der Waals surface area contributed by atoms with Crippen LogP contribution in [-0.2, 0) is 14.3 Å². The number of hydrogen-bond acceptors (Lipinski definition) is 4. The second-order valence-corrected chi connectivity index (χ2v) is 4.07. The van der Waals surface area contributed by atoms with E-state index in [4.69, 9.17) is 4.74 Å². The third-order valence-electron chi connectivity index (χ3n) is 2.76. The summed E-state index contributed by atoms with van der Waals surface area (Å²) >= 11 is 0. The summed E-state index contributed by atoms with van der Waals surface area (Å²) in [5.41, 5.74) is 0. The summed E-state index contributed by atoms with van der Waals surface area (Å²) in [4.78, 5) is 24.6. The Labute approximate surface area is 96.1 Å². The van der Waals surface area contributed by atoms with E-state index in [0.717, 1.165) is 19.4 Å². The molecule has 1 rings (SSSR count). The summed E-state index contributed by atoms with van der Waals surface area (Å²) in [6.45, 7) is 3.18. The fourth-order valence-corrected chi connectivity index (χ4v) is 1.87. The molecule has 5 nitrogen and oxygen atoms in total. The number of ether oxygens (including phenoxy) is 1. The summed E-state index contributed by atoms with van der Waals surface area (Å²) in [7, 11) is 1.86. The lowest BCUT2D eigenvalue weighted by molar-refractivity contribution is -0.145. The molecule has 0 saturated carbocycles. The van der Waals surface area contributed by atoms with Crippen molar-refractivity contribution < 1.29 is 14.3 Å². The van der Waals surface area contributed by atoms with Gasteiger partial charge in [0, 0.05) is 19.0 Å². The molecular formula is C11H20N2O3. The Morgan fingerprint density at radius 3 is 3.06 bits per heavy atom. The fourth-order valence-electron chi connectivity index (χ4n) is 1.87. The lowest BCUT2D eigenvalue weighted by Crippen LogP contribution is -2.38. The van der Waals surface area contributed by atoms with Gasteiger partial charge in [-0.3, -0.25) is 14.5 Å². The van der Waals surface area contributed by atoms with Gasteiger partial charge in [0.1, 0.15) is 0 Å². The Kier molecular flexibility index (Phi) is 5.25. The highest BCUT2D eigenvalue weighted by Gasteiger charge is 2.22. The zero-order chi connectivity index (χ0) is 12.0. The molecule has 1 amide bonds. The molecule has 1 aliphatic rings. The van der Waals surface area contributed by atoms with Gasteiger partial charge in [0.2, 0.25) is 5.91 Å². The maximum absolute atomic E-state index is 11.4. The van der Waals surface area contributed by atoms with Crippen LogP contribution in [0.5, 0.6) is 0 Å². The van der Waals surface area contributed by atoms with Gasteiger partial charge in [-0.1, -0.05) is 0 Å². The number of esters is 1. The molecule has 1 heterocycles. The van der Waals surface area contributed by atoms with Crippen LogP contribution in [0.15, 0.2) is 0 Å². The standard InChI is InChI=1S/C11H20N2O3/c1-3-16-11(15)8-13(2)9-5-4-6-12-10(14)7-9/h9H,3-8H2,1-2H3,(H,12,14). The summed E-state index contributed by atoms with van der Waals surface area (Å²) in [5, 5.41) is 2.83. The van der Waals surface area contributed by atoms with Crippen molar-refractivity contribution in [2.45, 2.75) is 32.2 Å². The van der Waals surface area contributed by atoms with Crippen molar-refractivity contribution >= 4 is 11.9 Å². The van der Waals surface area contributed by atoms with Crippen LogP contribution in [0.3, 0.4) is 0 Å². The Balaban J connectivity index is 2.42. The van der Waals surface area contributed by atoms with Crippen molar-refractivity contribution in [2.24, 2.45) is 0 Å². The minimum atomic E-state index is -0.227. The normalized spacial score (nSPS) is 21.4. The maximum Gasteiger partial charge on any atom is 0.320 e. The van der Waals surface area contributed by atoms with Crippen LogP contribution in [0.1, 0.15) is 26.2 Å². The van der Waals surface area contributed by atoms with Crippen LogP contribution >= 0.6 is 0 Å². The van der Waals surface area contributed by atoms with Crippen LogP contribution in [0.25, 0.3) is 0 Å². The van der Waals surface area contributed by atoms with E-state index in [9.17, 15) is 9.59 Å². The van der Waals surface area contributed by atoms with E-state index in [0.29, 0.717) is 13.0 Å². The van der Waals surface area contributed by atoms with Crippen molar-refractivity contribution in [3.8, 4) is 0 Å². The molecule has 0 aliphatic carbocycles. The Morgan fingerprint density at radius 2 is 2.38 bits per heavy atom. The first-order chi connectivity index (χ1) is 7.63. The smallest absolute Gasteiger partial charge is 0.320 e. The highest BCUT2D eigenvalue weighted by atomic mass is 16.5. The summed E-state index contributed by atoms with van der Waals surface area (Å²) in [6, 6.07) is 0.145. The van der Waals surface area contributed by atoms with E-state index in [1.807, 2.05) is 11.9 Å². The molecule has 0 aromatic carbocycles. The van der Waals surface area contributed by atoms with Crippen molar-refractivity contribution in [1.82, 2.24) is 10.2 Å². The molecule has 0 radical (unpaired) electrons. The fraction of sp³-hybridized carbons (Fsp3) is 0.818. The third kappa shape index (κ3) is 4.18. The monoisotopic (exact) mass is 228 g/mol. The topological polar surface area (TPSA) is 58.6 Å². The van der Waals surface area contributed by atoms with Crippen molar-refractivity contribution in [2.75, 3.05) is 26.7 Å². The molecule has 16 heavy (non-hydrogen) atoms. The minimum Gasteiger partial charge on any atom is -0.465 e. The van der Waals surface area contributed by atoms with E-state index in [2.05, 4.69) is 5.32 Å². The largest absolute Gasteiger partial charge is 0.465 e. The number of carbonyl (C=O) groups excluding carboxylic acids is 2. The molecule has 1 saturated heterocycles. The number of rotatable bonds is 4. The molecule has 5 heteroatoms. The van der Waals surface area contributed by atoms with Crippen LogP contribution in [-0.4, -0.2) is 49.6 Å². The summed E-state index contributed by atoms with van der Waals surface area (Å²) < 4.78 is 4.88. The Bertz CT molecular complexity index is 256. The zero-order valence-corrected chi connectivity index (χ0v) is 9.99. The summed E-state index contributed by atoms with van der Waals surface area (Å²) in [5.74, 6) is -0.159. The first-order valence-electron chi connectivity index (χ1n) is 5.76. The molecular weight excluding hydrogens is 208 g/mol. The second-order valence-electron chi connectivity index (χ2n) is 4.07. The van der Waals surface area contributed by atoms with Gasteiger partial charge < -0.3 is 10.1 Å². The number of nitrogens with zero attached hydrogens (tertiary/aromatic N) is 1. The predicted molar refractivity (Wildman–Crippen MR) is 59.9 cm³/mol. The molecule has 0 aromatic rings. The zero-order valence-electron chi connectivity index (χ0n) is 9.99. The number of hydrogen-bond donors (Lipinski definition) is 1. The predicted octanol–water partition coefficient (Wildman–Crippen LogP) is 0.150. The molecule has 0 bridgehead atoms. The molecule has 1 aliphatic heterocycles. The number of amides is 1. The van der Waals surface area contributed by atoms with Gasteiger partial charge in [0.05, 0.1) is 13.2 Å². The quantitative estimate of drug-likeness (QED) is 0.696. The van der Waals surface area contributed by atoms with Crippen LogP contribution in [0.2, 0.25) is 0 Å². The van der Waals surface area contributed by atoms with Gasteiger partial charge >= 0.3 is 5.97 Å². The van der Waals surface area contributed by atoms with Crippen molar-refractivity contribution in [3.63, 3.8) is 0 Å². The minimum absolute atomic E-state index is 0.0678. The van der Waals surface area contributed by atoms with E-state index in [-0.39, 0.29) is 24.5 Å². The van der Waals surface area contributed by atoms with Gasteiger partial charge in [0.15, 0.2) is 0 Å². The highest BCUT2D eigenvalue weighted by Crippen LogP contribution is 2.12. The van der Waals surface area contributed by atoms with Crippen LogP contribution in [0, 0.1) is 0 Å². The van der Waals surface area contributed by atoms with Gasteiger partial charge in [-0.2, -0.15) is 0 Å². The van der Waals surface area contributed by atoms with E-state index in [1.54, 1.807) is 6.92 Å². The lowest BCUT2D eigenvalue weighted by Gasteiger charge is -2.24. The lowest BCUT2D eigenvalue weighted by atomic mass is 10.1. The first-order valence-corrected chi connectivity index (χ1v) is 5.76. The first kappa shape index (κ1) is 13.0. The number of carbonyl (C=O) groups is 2. The molecule has 0 spiro atoms. The Morgan fingerprint density at radius 1 is 1.62 bits per heavy atom. The molecule has 0 aromatic heterocycles. The summed E-state index contributed by atoms with van der Waals surface area (Å²) in [6.07, 6.45) is 2.37. The van der Waals surface area contributed by atoms with Crippen molar-refractivity contribution in [1.29, 1.82) is 0 Å². The van der Waals surface area contributed by atoms with Gasteiger partial charge in [0.25, 0.3) is 0 Å². The molecule has 1 N–H and O–H groups in total. The Hall–Kier alpha value is -1.10. The SMILES string of the molecule is CCOC(=O)CN(C)C1CCCNC(=O)C1. The van der Waals surface area contributed by atoms with Crippen LogP contribution < -0.4 is 5.32 Å². The van der Waals surface area contributed by atoms with Crippen LogP contribution in [0.4, 0.5) is 0 Å². The average Bonchev–Trinajstić information content (AvgIpc) is 2.43. The van der Waals surface area contributed by atoms with E-state index >= 15 is 0 Å². The van der Waals surface area contributed by atoms with Crippen molar-refractivity contribution in [3.05, 3.63) is 0 Å². The van der Waals surface area contributed by atoms with E-state index in [1.165, 1.54) is 0 Å². The van der Waals surface area contributed by atoms with Gasteiger partial charge in [-0.05, 0) is 26.8 Å². The second kappa shape index (κ2) is 6.48. The molecule has 92 valence electrons. The third-order valence-corrected chi connectivity index (χ3v) is 2.76.